The lowest BCUT2D eigenvalue weighted by molar-refractivity contribution is 0.0490. The number of hydrogen-bond acceptors (Lipinski definition) is 7. The van der Waals surface area contributed by atoms with Crippen LogP contribution in [0.5, 0.6) is 0 Å². The molecule has 1 amide bonds. The molecule has 0 atom stereocenters. The van der Waals surface area contributed by atoms with Crippen molar-refractivity contribution in [3.8, 4) is 0 Å². The molecule has 0 saturated carbocycles. The quantitative estimate of drug-likeness (QED) is 0.480. The highest BCUT2D eigenvalue weighted by Crippen LogP contribution is 2.19. The lowest BCUT2D eigenvalue weighted by atomic mass is 10.1. The van der Waals surface area contributed by atoms with Gasteiger partial charge in [0.25, 0.3) is 5.91 Å². The van der Waals surface area contributed by atoms with Crippen molar-refractivity contribution in [2.75, 3.05) is 32.6 Å². The standard InChI is InChI=1S/C23H31N3O6S/c1-3-18-21-19(10-6-14-31-15-7-12-24-22(21)27)26(25-18)13-8-16-32-23(28)17-9-4-5-11-20(17)33(2,29)30/h4-5,9,11H,3,6-8,10,12-16H2,1-2H3,(H,24,27). The van der Waals surface area contributed by atoms with Crippen molar-refractivity contribution in [2.24, 2.45) is 0 Å². The summed E-state index contributed by atoms with van der Waals surface area (Å²) in [5.41, 5.74) is 2.28. The minimum atomic E-state index is -3.55. The molecule has 0 fully saturated rings. The number of ether oxygens (including phenoxy) is 2. The first-order valence-corrected chi connectivity index (χ1v) is 13.1. The Morgan fingerprint density at radius 2 is 2.00 bits per heavy atom. The fourth-order valence-electron chi connectivity index (χ4n) is 3.82. The lowest BCUT2D eigenvalue weighted by Gasteiger charge is -2.11. The van der Waals surface area contributed by atoms with Gasteiger partial charge < -0.3 is 14.8 Å². The van der Waals surface area contributed by atoms with E-state index >= 15 is 0 Å². The number of sulfone groups is 1. The number of hydrogen-bond donors (Lipinski definition) is 1. The maximum atomic E-state index is 12.8. The van der Waals surface area contributed by atoms with E-state index < -0.39 is 15.8 Å². The zero-order valence-electron chi connectivity index (χ0n) is 19.1. The van der Waals surface area contributed by atoms with Crippen LogP contribution < -0.4 is 5.32 Å². The van der Waals surface area contributed by atoms with Crippen molar-refractivity contribution in [1.29, 1.82) is 0 Å². The number of carbonyl (C=O) groups excluding carboxylic acids is 2. The van der Waals surface area contributed by atoms with Gasteiger partial charge in [0, 0.05) is 39.0 Å². The topological polar surface area (TPSA) is 117 Å². The van der Waals surface area contributed by atoms with Crippen LogP contribution in [0.25, 0.3) is 0 Å². The smallest absolute Gasteiger partial charge is 0.339 e. The van der Waals surface area contributed by atoms with E-state index in [0.29, 0.717) is 51.1 Å². The van der Waals surface area contributed by atoms with E-state index in [-0.39, 0.29) is 23.0 Å². The summed E-state index contributed by atoms with van der Waals surface area (Å²) in [5.74, 6) is -0.791. The van der Waals surface area contributed by atoms with Gasteiger partial charge in [-0.15, -0.1) is 0 Å². The summed E-state index contributed by atoms with van der Waals surface area (Å²) in [4.78, 5) is 25.2. The fourth-order valence-corrected chi connectivity index (χ4v) is 4.70. The van der Waals surface area contributed by atoms with Gasteiger partial charge >= 0.3 is 5.97 Å². The zero-order chi connectivity index (χ0) is 23.8. The summed E-state index contributed by atoms with van der Waals surface area (Å²) < 4.78 is 36.6. The number of rotatable bonds is 7. The van der Waals surface area contributed by atoms with Gasteiger partial charge in [-0.1, -0.05) is 19.1 Å². The molecule has 33 heavy (non-hydrogen) atoms. The molecule has 10 heteroatoms. The molecule has 180 valence electrons. The number of benzene rings is 1. The van der Waals surface area contributed by atoms with E-state index in [4.69, 9.17) is 9.47 Å². The van der Waals surface area contributed by atoms with Crippen LogP contribution >= 0.6 is 0 Å². The molecule has 1 N–H and O–H groups in total. The Morgan fingerprint density at radius 3 is 2.76 bits per heavy atom. The van der Waals surface area contributed by atoms with E-state index in [9.17, 15) is 18.0 Å². The average Bonchev–Trinajstić information content (AvgIpc) is 3.13. The first-order valence-electron chi connectivity index (χ1n) is 11.2. The molecule has 2 aromatic rings. The molecular weight excluding hydrogens is 446 g/mol. The van der Waals surface area contributed by atoms with Gasteiger partial charge in [-0.25, -0.2) is 13.2 Å². The lowest BCUT2D eigenvalue weighted by Crippen LogP contribution is -2.26. The maximum Gasteiger partial charge on any atom is 0.339 e. The number of nitrogens with one attached hydrogen (secondary N) is 1. The van der Waals surface area contributed by atoms with Crippen LogP contribution in [0, 0.1) is 0 Å². The molecule has 1 aliphatic rings. The molecule has 0 saturated heterocycles. The summed E-state index contributed by atoms with van der Waals surface area (Å²) >= 11 is 0. The number of nitrogens with zero attached hydrogens (tertiary/aromatic N) is 2. The number of fused-ring (bicyclic) bond motifs is 1. The van der Waals surface area contributed by atoms with Crippen LogP contribution in [0.4, 0.5) is 0 Å². The first-order chi connectivity index (χ1) is 15.8. The second kappa shape index (κ2) is 11.4. The van der Waals surface area contributed by atoms with Crippen LogP contribution in [0.1, 0.15) is 58.3 Å². The van der Waals surface area contributed by atoms with Crippen molar-refractivity contribution in [3.05, 3.63) is 46.8 Å². The van der Waals surface area contributed by atoms with Gasteiger partial charge in [0.2, 0.25) is 0 Å². The average molecular weight is 478 g/mol. The molecule has 1 aromatic heterocycles. The van der Waals surface area contributed by atoms with E-state index in [1.165, 1.54) is 12.1 Å². The molecule has 1 aliphatic heterocycles. The van der Waals surface area contributed by atoms with Gasteiger partial charge in [-0.05, 0) is 37.8 Å². The van der Waals surface area contributed by atoms with Crippen LogP contribution in [0.3, 0.4) is 0 Å². The Kier molecular flexibility index (Phi) is 8.62. The molecular formula is C23H31N3O6S. The molecule has 0 aliphatic carbocycles. The SMILES string of the molecule is CCc1nn(CCCOC(=O)c2ccccc2S(C)(=O)=O)c2c1C(=O)NCCCOCCC2. The number of esters is 1. The van der Waals surface area contributed by atoms with Crippen LogP contribution in [-0.4, -0.2) is 62.7 Å². The van der Waals surface area contributed by atoms with E-state index in [0.717, 1.165) is 30.5 Å². The predicted molar refractivity (Wildman–Crippen MR) is 122 cm³/mol. The Labute approximate surface area is 194 Å². The Balaban J connectivity index is 1.68. The molecule has 0 radical (unpaired) electrons. The number of aromatic nitrogens is 2. The van der Waals surface area contributed by atoms with Gasteiger partial charge in [0.1, 0.15) is 0 Å². The summed E-state index contributed by atoms with van der Waals surface area (Å²) in [6.45, 7) is 4.33. The summed E-state index contributed by atoms with van der Waals surface area (Å²) in [6.07, 6.45) is 4.39. The first kappa shape index (κ1) is 24.9. The van der Waals surface area contributed by atoms with Crippen LogP contribution in [0.15, 0.2) is 29.2 Å². The highest BCUT2D eigenvalue weighted by molar-refractivity contribution is 7.90. The molecule has 1 aromatic carbocycles. The van der Waals surface area contributed by atoms with Gasteiger partial charge in [0.05, 0.1) is 34.0 Å². The Hall–Kier alpha value is -2.72. The minimum absolute atomic E-state index is 0.0255. The van der Waals surface area contributed by atoms with Gasteiger partial charge in [-0.3, -0.25) is 9.48 Å². The van der Waals surface area contributed by atoms with Crippen LogP contribution in [-0.2, 0) is 38.7 Å². The fraction of sp³-hybridized carbons (Fsp3) is 0.522. The monoisotopic (exact) mass is 477 g/mol. The Bertz CT molecular complexity index is 1090. The summed E-state index contributed by atoms with van der Waals surface area (Å²) in [5, 5.41) is 7.60. The number of amides is 1. The third kappa shape index (κ3) is 6.42. The minimum Gasteiger partial charge on any atom is -0.462 e. The summed E-state index contributed by atoms with van der Waals surface area (Å²) in [7, 11) is -3.55. The van der Waals surface area contributed by atoms with Crippen molar-refractivity contribution < 1.29 is 27.5 Å². The number of carbonyl (C=O) groups is 2. The highest BCUT2D eigenvalue weighted by atomic mass is 32.2. The van der Waals surface area contributed by atoms with Crippen molar-refractivity contribution in [2.45, 2.75) is 50.5 Å². The predicted octanol–water partition coefficient (Wildman–Crippen LogP) is 2.18. The molecule has 0 bridgehead atoms. The Morgan fingerprint density at radius 1 is 1.24 bits per heavy atom. The highest BCUT2D eigenvalue weighted by Gasteiger charge is 2.23. The third-order valence-electron chi connectivity index (χ3n) is 5.40. The van der Waals surface area contributed by atoms with Crippen molar-refractivity contribution in [1.82, 2.24) is 15.1 Å². The molecule has 2 heterocycles. The summed E-state index contributed by atoms with van der Waals surface area (Å²) in [6, 6.07) is 6.00. The van der Waals surface area contributed by atoms with Gasteiger partial charge in [-0.2, -0.15) is 5.10 Å². The second-order valence-electron chi connectivity index (χ2n) is 7.93. The second-order valence-corrected chi connectivity index (χ2v) is 9.91. The molecule has 0 spiro atoms. The van der Waals surface area contributed by atoms with Crippen molar-refractivity contribution in [3.63, 3.8) is 0 Å². The molecule has 3 rings (SSSR count). The zero-order valence-corrected chi connectivity index (χ0v) is 19.9. The van der Waals surface area contributed by atoms with E-state index in [1.807, 2.05) is 11.6 Å². The number of aryl methyl sites for hydroxylation is 2. The largest absolute Gasteiger partial charge is 0.462 e. The van der Waals surface area contributed by atoms with E-state index in [2.05, 4.69) is 10.4 Å². The third-order valence-corrected chi connectivity index (χ3v) is 6.55. The van der Waals surface area contributed by atoms with Crippen LogP contribution in [0.2, 0.25) is 0 Å². The molecule has 9 nitrogen and oxygen atoms in total. The molecule has 0 unspecified atom stereocenters. The normalized spacial score (nSPS) is 15.3. The van der Waals surface area contributed by atoms with E-state index in [1.54, 1.807) is 12.1 Å². The van der Waals surface area contributed by atoms with Gasteiger partial charge in [0.15, 0.2) is 9.84 Å². The van der Waals surface area contributed by atoms with Crippen molar-refractivity contribution >= 4 is 21.7 Å². The maximum absolute atomic E-state index is 12.8.